The van der Waals surface area contributed by atoms with Gasteiger partial charge in [-0.25, -0.2) is 4.79 Å². The summed E-state index contributed by atoms with van der Waals surface area (Å²) in [6, 6.07) is 7.55. The van der Waals surface area contributed by atoms with Gasteiger partial charge in [-0.05, 0) is 50.3 Å². The molecule has 0 heterocycles. The number of esters is 1. The molecule has 0 spiro atoms. The van der Waals surface area contributed by atoms with Crippen molar-refractivity contribution < 1.29 is 19.0 Å². The molecule has 1 aromatic carbocycles. The first-order valence-electron chi connectivity index (χ1n) is 9.74. The van der Waals surface area contributed by atoms with E-state index < -0.39 is 0 Å². The van der Waals surface area contributed by atoms with Gasteiger partial charge in [-0.2, -0.15) is 0 Å². The molecule has 4 heteroatoms. The fraction of sp³-hybridized carbons (Fsp3) is 0.522. The third-order valence-corrected chi connectivity index (χ3v) is 4.48. The lowest BCUT2D eigenvalue weighted by atomic mass is 9.85. The Hall–Kier alpha value is -1.91. The standard InChI is InChI=1S/C23H34O4/c1-5-9-10-15-23(17-25-8-4,18-26-16-6-2)19-27-22(24)21-13-11-20(7-3)12-14-21/h5-6,11-14H,1-2,7-10,15-19H2,3-4H3. The molecule has 27 heavy (non-hydrogen) atoms. The molecule has 0 saturated heterocycles. The van der Waals surface area contributed by atoms with Crippen molar-refractivity contribution in [2.24, 2.45) is 5.41 Å². The van der Waals surface area contributed by atoms with Gasteiger partial charge in [-0.15, -0.1) is 13.2 Å². The van der Waals surface area contributed by atoms with Gasteiger partial charge in [0.15, 0.2) is 0 Å². The number of carbonyl (C=O) groups excluding carboxylic acids is 1. The summed E-state index contributed by atoms with van der Waals surface area (Å²) in [5.41, 5.74) is 1.39. The van der Waals surface area contributed by atoms with Crippen LogP contribution in [0, 0.1) is 5.41 Å². The molecule has 0 aliphatic rings. The Bertz CT molecular complexity index is 548. The Morgan fingerprint density at radius 3 is 2.33 bits per heavy atom. The summed E-state index contributed by atoms with van der Waals surface area (Å²) in [7, 11) is 0. The molecule has 1 unspecified atom stereocenters. The van der Waals surface area contributed by atoms with Gasteiger partial charge < -0.3 is 14.2 Å². The van der Waals surface area contributed by atoms with Gasteiger partial charge in [0.2, 0.25) is 0 Å². The van der Waals surface area contributed by atoms with Crippen LogP contribution in [0.25, 0.3) is 0 Å². The number of benzene rings is 1. The molecule has 1 atom stereocenters. The Balaban J connectivity index is 2.81. The van der Waals surface area contributed by atoms with Crippen molar-refractivity contribution in [3.8, 4) is 0 Å². The summed E-state index contributed by atoms with van der Waals surface area (Å²) in [6.07, 6.45) is 7.24. The molecule has 0 aliphatic heterocycles. The van der Waals surface area contributed by atoms with E-state index in [1.807, 2.05) is 37.3 Å². The van der Waals surface area contributed by atoms with Crippen LogP contribution in [0.3, 0.4) is 0 Å². The Labute approximate surface area is 164 Å². The molecule has 0 bridgehead atoms. The Kier molecular flexibility index (Phi) is 11.4. The summed E-state index contributed by atoms with van der Waals surface area (Å²) in [5.74, 6) is -0.314. The summed E-state index contributed by atoms with van der Waals surface area (Å²) >= 11 is 0. The van der Waals surface area contributed by atoms with Crippen molar-refractivity contribution in [1.82, 2.24) is 0 Å². The second kappa shape index (κ2) is 13.3. The van der Waals surface area contributed by atoms with Gasteiger partial charge in [-0.1, -0.05) is 31.2 Å². The van der Waals surface area contributed by atoms with Crippen LogP contribution in [0.5, 0.6) is 0 Å². The van der Waals surface area contributed by atoms with E-state index in [4.69, 9.17) is 14.2 Å². The molecule has 1 aromatic rings. The monoisotopic (exact) mass is 374 g/mol. The molecule has 150 valence electrons. The van der Waals surface area contributed by atoms with E-state index in [0.29, 0.717) is 32.0 Å². The zero-order valence-corrected chi connectivity index (χ0v) is 16.9. The lowest BCUT2D eigenvalue weighted by molar-refractivity contribution is -0.0566. The smallest absolute Gasteiger partial charge is 0.338 e. The molecule has 0 aliphatic carbocycles. The fourth-order valence-electron chi connectivity index (χ4n) is 2.82. The van der Waals surface area contributed by atoms with Gasteiger partial charge >= 0.3 is 5.97 Å². The minimum absolute atomic E-state index is 0.260. The fourth-order valence-corrected chi connectivity index (χ4v) is 2.82. The van der Waals surface area contributed by atoms with Crippen LogP contribution in [-0.2, 0) is 20.6 Å². The highest BCUT2D eigenvalue weighted by molar-refractivity contribution is 5.89. The van der Waals surface area contributed by atoms with E-state index in [1.165, 1.54) is 5.56 Å². The number of unbranched alkanes of at least 4 members (excludes halogenated alkanes) is 1. The number of ether oxygens (including phenoxy) is 3. The molecular formula is C23H34O4. The first-order valence-corrected chi connectivity index (χ1v) is 9.74. The van der Waals surface area contributed by atoms with E-state index in [-0.39, 0.29) is 18.0 Å². The van der Waals surface area contributed by atoms with Gasteiger partial charge in [0, 0.05) is 6.61 Å². The highest BCUT2D eigenvalue weighted by Gasteiger charge is 2.32. The third kappa shape index (κ3) is 8.55. The number of allylic oxidation sites excluding steroid dienone is 1. The van der Waals surface area contributed by atoms with Crippen molar-refractivity contribution in [1.29, 1.82) is 0 Å². The van der Waals surface area contributed by atoms with Crippen LogP contribution in [0.4, 0.5) is 0 Å². The van der Waals surface area contributed by atoms with Crippen molar-refractivity contribution in [3.63, 3.8) is 0 Å². The average Bonchev–Trinajstić information content (AvgIpc) is 2.70. The molecule has 0 saturated carbocycles. The van der Waals surface area contributed by atoms with E-state index in [9.17, 15) is 4.79 Å². The van der Waals surface area contributed by atoms with Gasteiger partial charge in [-0.3, -0.25) is 0 Å². The second-order valence-electron chi connectivity index (χ2n) is 6.75. The van der Waals surface area contributed by atoms with Gasteiger partial charge in [0.1, 0.15) is 6.61 Å². The molecule has 4 nitrogen and oxygen atoms in total. The van der Waals surface area contributed by atoms with Crippen LogP contribution in [-0.4, -0.2) is 39.0 Å². The summed E-state index contributed by atoms with van der Waals surface area (Å²) in [4.78, 5) is 12.5. The van der Waals surface area contributed by atoms with Gasteiger partial charge in [0.05, 0.1) is 30.8 Å². The summed E-state index contributed by atoms with van der Waals surface area (Å²) in [6.45, 7) is 13.8. The largest absolute Gasteiger partial charge is 0.461 e. The zero-order chi connectivity index (χ0) is 20.0. The van der Waals surface area contributed by atoms with Crippen molar-refractivity contribution in [3.05, 3.63) is 60.7 Å². The van der Waals surface area contributed by atoms with E-state index in [0.717, 1.165) is 25.7 Å². The molecule has 0 aromatic heterocycles. The number of hydrogen-bond donors (Lipinski definition) is 0. The Morgan fingerprint density at radius 2 is 1.74 bits per heavy atom. The minimum Gasteiger partial charge on any atom is -0.461 e. The van der Waals surface area contributed by atoms with Crippen LogP contribution >= 0.6 is 0 Å². The van der Waals surface area contributed by atoms with Crippen LogP contribution in [0.2, 0.25) is 0 Å². The predicted molar refractivity (Wildman–Crippen MR) is 110 cm³/mol. The zero-order valence-electron chi connectivity index (χ0n) is 16.9. The molecule has 0 N–H and O–H groups in total. The number of aryl methyl sites for hydroxylation is 1. The van der Waals surface area contributed by atoms with E-state index >= 15 is 0 Å². The maximum Gasteiger partial charge on any atom is 0.338 e. The van der Waals surface area contributed by atoms with Crippen molar-refractivity contribution in [2.45, 2.75) is 39.5 Å². The quantitative estimate of drug-likeness (QED) is 0.246. The lowest BCUT2D eigenvalue weighted by Crippen LogP contribution is -2.38. The molecule has 0 fully saturated rings. The van der Waals surface area contributed by atoms with Crippen molar-refractivity contribution >= 4 is 5.97 Å². The van der Waals surface area contributed by atoms with Crippen LogP contribution in [0.1, 0.15) is 49.0 Å². The average molecular weight is 375 g/mol. The molecule has 0 amide bonds. The number of hydrogen-bond acceptors (Lipinski definition) is 4. The molecule has 1 rings (SSSR count). The summed E-state index contributed by atoms with van der Waals surface area (Å²) in [5, 5.41) is 0. The van der Waals surface area contributed by atoms with Crippen molar-refractivity contribution in [2.75, 3.05) is 33.0 Å². The van der Waals surface area contributed by atoms with E-state index in [1.54, 1.807) is 6.08 Å². The topological polar surface area (TPSA) is 44.8 Å². The van der Waals surface area contributed by atoms with Crippen LogP contribution < -0.4 is 0 Å². The molecular weight excluding hydrogens is 340 g/mol. The SMILES string of the molecule is C=CCCCC(COCC)(COCC=C)COC(=O)c1ccc(CC)cc1. The molecule has 0 radical (unpaired) electrons. The highest BCUT2D eigenvalue weighted by atomic mass is 16.5. The maximum atomic E-state index is 12.5. The minimum atomic E-state index is -0.374. The second-order valence-corrected chi connectivity index (χ2v) is 6.75. The third-order valence-electron chi connectivity index (χ3n) is 4.48. The Morgan fingerprint density at radius 1 is 1.04 bits per heavy atom. The predicted octanol–water partition coefficient (Wildman–Crippen LogP) is 4.99. The first-order chi connectivity index (χ1) is 13.1. The highest BCUT2D eigenvalue weighted by Crippen LogP contribution is 2.28. The number of carbonyl (C=O) groups is 1. The first kappa shape index (κ1) is 23.1. The summed E-state index contributed by atoms with van der Waals surface area (Å²) < 4.78 is 17.1. The normalized spacial score (nSPS) is 13.0. The maximum absolute atomic E-state index is 12.5. The lowest BCUT2D eigenvalue weighted by Gasteiger charge is -2.32. The van der Waals surface area contributed by atoms with Gasteiger partial charge in [0.25, 0.3) is 0 Å². The van der Waals surface area contributed by atoms with E-state index in [2.05, 4.69) is 20.1 Å². The van der Waals surface area contributed by atoms with Crippen LogP contribution in [0.15, 0.2) is 49.6 Å². The number of rotatable bonds is 15.